The van der Waals surface area contributed by atoms with Gasteiger partial charge in [0.1, 0.15) is 6.61 Å². The molecule has 3 nitrogen and oxygen atoms in total. The lowest BCUT2D eigenvalue weighted by molar-refractivity contribution is 0.0473. The van der Waals surface area contributed by atoms with Crippen molar-refractivity contribution in [1.82, 2.24) is 0 Å². The maximum absolute atomic E-state index is 12.1. The number of benzene rings is 3. The van der Waals surface area contributed by atoms with Crippen molar-refractivity contribution >= 4 is 23.0 Å². The first-order chi connectivity index (χ1) is 10.8. The molecule has 3 rings (SSSR count). The minimum Gasteiger partial charge on any atom is -0.457 e. The Hall–Kier alpha value is -2.94. The van der Waals surface area contributed by atoms with Crippen molar-refractivity contribution < 1.29 is 14.3 Å². The molecule has 0 aliphatic heterocycles. The van der Waals surface area contributed by atoms with Crippen LogP contribution in [-0.2, 0) is 16.1 Å². The molecule has 0 amide bonds. The fourth-order valence-electron chi connectivity index (χ4n) is 2.24. The highest BCUT2D eigenvalue weighted by Gasteiger charge is 2.08. The molecule has 0 spiro atoms. The van der Waals surface area contributed by atoms with E-state index < -0.39 is 0 Å². The predicted molar refractivity (Wildman–Crippen MR) is 84.3 cm³/mol. The van der Waals surface area contributed by atoms with Crippen LogP contribution in [0.5, 0.6) is 0 Å². The van der Waals surface area contributed by atoms with Crippen LogP contribution in [0.15, 0.2) is 66.7 Å². The Morgan fingerprint density at radius 1 is 0.909 bits per heavy atom. The summed E-state index contributed by atoms with van der Waals surface area (Å²) < 4.78 is 5.31. The number of carbonyl (C=O) groups is 1. The molecule has 0 atom stereocenters. The van der Waals surface area contributed by atoms with E-state index in [1.165, 1.54) is 0 Å². The minimum atomic E-state index is -0.364. The Kier molecular flexibility index (Phi) is 3.97. The third kappa shape index (κ3) is 3.04. The lowest BCUT2D eigenvalue weighted by Gasteiger charge is -2.06. The highest BCUT2D eigenvalue weighted by atomic mass is 16.5. The molecule has 0 unspecified atom stereocenters. The first kappa shape index (κ1) is 14.0. The Bertz CT molecular complexity index is 822. The van der Waals surface area contributed by atoms with Gasteiger partial charge in [-0.3, -0.25) is 4.79 Å². The summed E-state index contributed by atoms with van der Waals surface area (Å²) in [7, 11) is 0. The summed E-state index contributed by atoms with van der Waals surface area (Å²) in [4.78, 5) is 22.7. The Labute approximate surface area is 128 Å². The molecule has 0 aliphatic carbocycles. The summed E-state index contributed by atoms with van der Waals surface area (Å²) >= 11 is 0. The molecule has 3 heteroatoms. The molecule has 0 heterocycles. The zero-order valence-corrected chi connectivity index (χ0v) is 11.8. The van der Waals surface area contributed by atoms with Crippen molar-refractivity contribution in [2.24, 2.45) is 0 Å². The zero-order valence-electron chi connectivity index (χ0n) is 11.8. The largest absolute Gasteiger partial charge is 0.457 e. The molecule has 0 fully saturated rings. The maximum Gasteiger partial charge on any atom is 0.338 e. The molecule has 0 aliphatic rings. The summed E-state index contributed by atoms with van der Waals surface area (Å²) in [5.74, 6) is -0.364. The molecule has 1 radical (unpaired) electrons. The molecule has 0 saturated heterocycles. The number of hydrogen-bond donors (Lipinski definition) is 0. The summed E-state index contributed by atoms with van der Waals surface area (Å²) in [5.41, 5.74) is 1.93. The second-order valence-electron chi connectivity index (χ2n) is 4.94. The van der Waals surface area contributed by atoms with Gasteiger partial charge in [0.25, 0.3) is 0 Å². The van der Waals surface area contributed by atoms with E-state index >= 15 is 0 Å². The molecule has 0 aromatic heterocycles. The quantitative estimate of drug-likeness (QED) is 0.688. The third-order valence-corrected chi connectivity index (χ3v) is 3.41. The monoisotopic (exact) mass is 289 g/mol. The van der Waals surface area contributed by atoms with Gasteiger partial charge in [-0.25, -0.2) is 4.79 Å². The summed E-state index contributed by atoms with van der Waals surface area (Å²) in [6, 6.07) is 20.0. The molecule has 22 heavy (non-hydrogen) atoms. The van der Waals surface area contributed by atoms with Crippen LogP contribution in [0.3, 0.4) is 0 Å². The van der Waals surface area contributed by atoms with Crippen LogP contribution in [0.25, 0.3) is 10.8 Å². The van der Waals surface area contributed by atoms with Gasteiger partial charge < -0.3 is 4.74 Å². The second kappa shape index (κ2) is 6.22. The van der Waals surface area contributed by atoms with Gasteiger partial charge in [-0.05, 0) is 34.5 Å². The summed E-state index contributed by atoms with van der Waals surface area (Å²) in [5, 5.41) is 1.77. The van der Waals surface area contributed by atoms with E-state index in [1.54, 1.807) is 36.4 Å². The van der Waals surface area contributed by atoms with Crippen molar-refractivity contribution in [3.8, 4) is 0 Å². The lowest BCUT2D eigenvalue weighted by Crippen LogP contribution is -2.05. The minimum absolute atomic E-state index is 0.247. The van der Waals surface area contributed by atoms with E-state index in [0.717, 1.165) is 16.3 Å². The Balaban J connectivity index is 1.77. The third-order valence-electron chi connectivity index (χ3n) is 3.41. The van der Waals surface area contributed by atoms with Crippen LogP contribution in [0.2, 0.25) is 0 Å². The van der Waals surface area contributed by atoms with E-state index in [4.69, 9.17) is 4.74 Å². The van der Waals surface area contributed by atoms with Crippen LogP contribution in [-0.4, -0.2) is 12.3 Å². The van der Waals surface area contributed by atoms with Gasteiger partial charge in [0.15, 0.2) is 0 Å². The molecular weight excluding hydrogens is 276 g/mol. The van der Waals surface area contributed by atoms with Crippen LogP contribution in [0.4, 0.5) is 0 Å². The van der Waals surface area contributed by atoms with Crippen LogP contribution < -0.4 is 0 Å². The van der Waals surface area contributed by atoms with Gasteiger partial charge in [-0.15, -0.1) is 0 Å². The number of carbonyl (C=O) groups excluding carboxylic acids is 2. The number of hydrogen-bond acceptors (Lipinski definition) is 3. The van der Waals surface area contributed by atoms with Crippen LogP contribution in [0, 0.1) is 0 Å². The SMILES string of the molecule is O=[C]c1ccc2cc(C(=O)OCc3ccccc3)ccc2c1. The molecule has 3 aromatic carbocycles. The van der Waals surface area contributed by atoms with Crippen molar-refractivity contribution in [2.45, 2.75) is 6.61 Å². The maximum atomic E-state index is 12.1. The van der Waals surface area contributed by atoms with Gasteiger partial charge >= 0.3 is 5.97 Å². The van der Waals surface area contributed by atoms with Crippen LogP contribution in [0.1, 0.15) is 21.5 Å². The highest BCUT2D eigenvalue weighted by Crippen LogP contribution is 2.18. The Morgan fingerprint density at radius 2 is 1.64 bits per heavy atom. The first-order valence-corrected chi connectivity index (χ1v) is 6.89. The van der Waals surface area contributed by atoms with Gasteiger partial charge in [0.2, 0.25) is 6.29 Å². The molecule has 0 bridgehead atoms. The van der Waals surface area contributed by atoms with Crippen molar-refractivity contribution in [3.63, 3.8) is 0 Å². The van der Waals surface area contributed by atoms with Gasteiger partial charge in [0, 0.05) is 5.56 Å². The lowest BCUT2D eigenvalue weighted by atomic mass is 10.0. The van der Waals surface area contributed by atoms with Gasteiger partial charge in [0.05, 0.1) is 5.56 Å². The van der Waals surface area contributed by atoms with Crippen LogP contribution >= 0.6 is 0 Å². The Morgan fingerprint density at radius 3 is 2.41 bits per heavy atom. The van der Waals surface area contributed by atoms with Crippen molar-refractivity contribution in [3.05, 3.63) is 83.4 Å². The van der Waals surface area contributed by atoms with Crippen molar-refractivity contribution in [1.29, 1.82) is 0 Å². The van der Waals surface area contributed by atoms with E-state index in [9.17, 15) is 9.59 Å². The summed E-state index contributed by atoms with van der Waals surface area (Å²) in [6.45, 7) is 0.247. The number of rotatable bonds is 4. The summed E-state index contributed by atoms with van der Waals surface area (Å²) in [6.07, 6.45) is 1.85. The molecule has 107 valence electrons. The fourth-order valence-corrected chi connectivity index (χ4v) is 2.24. The molecular formula is C19H13O3. The highest BCUT2D eigenvalue weighted by molar-refractivity contribution is 5.96. The van der Waals surface area contributed by atoms with Crippen molar-refractivity contribution in [2.75, 3.05) is 0 Å². The first-order valence-electron chi connectivity index (χ1n) is 6.89. The zero-order chi connectivity index (χ0) is 15.4. The average Bonchev–Trinajstić information content (AvgIpc) is 2.59. The fraction of sp³-hybridized carbons (Fsp3) is 0.0526. The van der Waals surface area contributed by atoms with Gasteiger partial charge in [-0.2, -0.15) is 0 Å². The van der Waals surface area contributed by atoms with E-state index in [1.807, 2.05) is 36.6 Å². The predicted octanol–water partition coefficient (Wildman–Crippen LogP) is 3.65. The van der Waals surface area contributed by atoms with E-state index in [-0.39, 0.29) is 12.6 Å². The topological polar surface area (TPSA) is 43.4 Å². The molecule has 0 saturated carbocycles. The van der Waals surface area contributed by atoms with Gasteiger partial charge in [-0.1, -0.05) is 48.5 Å². The normalized spacial score (nSPS) is 10.4. The number of ether oxygens (including phenoxy) is 1. The smallest absolute Gasteiger partial charge is 0.338 e. The standard InChI is InChI=1S/C19H13O3/c20-12-15-6-7-17-11-18(9-8-16(17)10-15)19(21)22-13-14-4-2-1-3-5-14/h1-11H,13H2. The van der Waals surface area contributed by atoms with E-state index in [2.05, 4.69) is 0 Å². The molecule has 0 N–H and O–H groups in total. The molecule has 3 aromatic rings. The number of fused-ring (bicyclic) bond motifs is 1. The average molecular weight is 289 g/mol. The second-order valence-corrected chi connectivity index (χ2v) is 4.94. The number of esters is 1. The van der Waals surface area contributed by atoms with E-state index in [0.29, 0.717) is 11.1 Å².